The van der Waals surface area contributed by atoms with Gasteiger partial charge in [-0.2, -0.15) is 0 Å². The van der Waals surface area contributed by atoms with E-state index in [2.05, 4.69) is 49.9 Å². The normalized spacial score (nSPS) is 37.1. The van der Waals surface area contributed by atoms with E-state index in [4.69, 9.17) is 0 Å². The van der Waals surface area contributed by atoms with Gasteiger partial charge < -0.3 is 4.90 Å². The van der Waals surface area contributed by atoms with Crippen molar-refractivity contribution in [3.05, 3.63) is 29.8 Å². The largest absolute Gasteiger partial charge is 0.365 e. The van der Waals surface area contributed by atoms with Gasteiger partial charge in [0.1, 0.15) is 0 Å². The Morgan fingerprint density at radius 3 is 2.62 bits per heavy atom. The second-order valence-electron chi connectivity index (χ2n) is 5.74. The molecule has 1 aromatic rings. The van der Waals surface area contributed by atoms with Gasteiger partial charge in [-0.05, 0) is 43.2 Å². The van der Waals surface area contributed by atoms with Crippen LogP contribution in [0, 0.1) is 11.8 Å². The van der Waals surface area contributed by atoms with Gasteiger partial charge in [0, 0.05) is 17.8 Å². The molecule has 0 N–H and O–H groups in total. The van der Waals surface area contributed by atoms with Gasteiger partial charge in [-0.1, -0.05) is 32.0 Å². The fourth-order valence-electron chi connectivity index (χ4n) is 3.59. The number of hydrogen-bond acceptors (Lipinski definition) is 1. The highest BCUT2D eigenvalue weighted by Crippen LogP contribution is 2.43. The second kappa shape index (κ2) is 3.51. The van der Waals surface area contributed by atoms with Crippen LogP contribution in [0.1, 0.15) is 32.8 Å². The molecule has 4 atom stereocenters. The minimum absolute atomic E-state index is 0.703. The van der Waals surface area contributed by atoms with Crippen molar-refractivity contribution < 1.29 is 0 Å². The molecule has 1 nitrogen and oxygen atoms in total. The lowest BCUT2D eigenvalue weighted by Gasteiger charge is -2.40. The third-order valence-corrected chi connectivity index (χ3v) is 4.70. The smallest absolute Gasteiger partial charge is 0.0403 e. The molecule has 86 valence electrons. The monoisotopic (exact) mass is 215 g/mol. The van der Waals surface area contributed by atoms with Crippen molar-refractivity contribution in [2.45, 2.75) is 45.7 Å². The van der Waals surface area contributed by atoms with Crippen molar-refractivity contribution in [1.82, 2.24) is 0 Å². The van der Waals surface area contributed by atoms with E-state index in [1.54, 1.807) is 5.56 Å². The van der Waals surface area contributed by atoms with Gasteiger partial charge >= 0.3 is 0 Å². The zero-order valence-electron chi connectivity index (χ0n) is 10.5. The van der Waals surface area contributed by atoms with E-state index >= 15 is 0 Å². The van der Waals surface area contributed by atoms with Gasteiger partial charge in [-0.15, -0.1) is 0 Å². The summed E-state index contributed by atoms with van der Waals surface area (Å²) < 4.78 is 0. The van der Waals surface area contributed by atoms with E-state index in [1.165, 1.54) is 18.5 Å². The Morgan fingerprint density at radius 2 is 1.81 bits per heavy atom. The van der Waals surface area contributed by atoms with Gasteiger partial charge in [0.2, 0.25) is 0 Å². The van der Waals surface area contributed by atoms with Crippen LogP contribution < -0.4 is 4.90 Å². The summed E-state index contributed by atoms with van der Waals surface area (Å²) in [6.07, 6.45) is 2.63. The van der Waals surface area contributed by atoms with Crippen molar-refractivity contribution in [2.24, 2.45) is 11.8 Å². The molecule has 1 saturated heterocycles. The standard InChI is InChI=1S/C15H21N/c1-10-9-15-11(2)8-13-6-4-5-7-14(13)16(15)12(10)3/h4-7,10-12,15H,8-9H2,1-3H3/t10-,11-,12-,15-/m1/s1. The Bertz CT molecular complexity index is 398. The predicted molar refractivity (Wildman–Crippen MR) is 68.8 cm³/mol. The molecule has 1 heteroatoms. The summed E-state index contributed by atoms with van der Waals surface area (Å²) in [6.45, 7) is 7.20. The summed E-state index contributed by atoms with van der Waals surface area (Å²) in [7, 11) is 0. The van der Waals surface area contributed by atoms with Crippen LogP contribution in [0.15, 0.2) is 24.3 Å². The Labute approximate surface area is 98.5 Å². The van der Waals surface area contributed by atoms with Crippen LogP contribution in [-0.2, 0) is 6.42 Å². The molecule has 3 rings (SSSR count). The zero-order valence-corrected chi connectivity index (χ0v) is 10.5. The van der Waals surface area contributed by atoms with Gasteiger partial charge in [-0.3, -0.25) is 0 Å². The summed E-state index contributed by atoms with van der Waals surface area (Å²) in [5.41, 5.74) is 3.05. The molecule has 1 fully saturated rings. The fraction of sp³-hybridized carbons (Fsp3) is 0.600. The van der Waals surface area contributed by atoms with Crippen LogP contribution in [0.4, 0.5) is 5.69 Å². The number of hydrogen-bond donors (Lipinski definition) is 0. The van der Waals surface area contributed by atoms with Gasteiger partial charge in [-0.25, -0.2) is 0 Å². The van der Waals surface area contributed by atoms with Gasteiger partial charge in [0.25, 0.3) is 0 Å². The zero-order chi connectivity index (χ0) is 11.3. The number of nitrogens with zero attached hydrogens (tertiary/aromatic N) is 1. The first-order chi connectivity index (χ1) is 7.68. The van der Waals surface area contributed by atoms with Crippen molar-refractivity contribution >= 4 is 5.69 Å². The first-order valence-corrected chi connectivity index (χ1v) is 6.54. The summed E-state index contributed by atoms with van der Waals surface area (Å²) >= 11 is 0. The Morgan fingerprint density at radius 1 is 1.06 bits per heavy atom. The minimum Gasteiger partial charge on any atom is -0.365 e. The predicted octanol–water partition coefficient (Wildman–Crippen LogP) is 3.48. The molecular formula is C15H21N. The molecule has 16 heavy (non-hydrogen) atoms. The molecular weight excluding hydrogens is 194 g/mol. The van der Waals surface area contributed by atoms with Gasteiger partial charge in [0.05, 0.1) is 0 Å². The fourth-order valence-corrected chi connectivity index (χ4v) is 3.59. The maximum Gasteiger partial charge on any atom is 0.0403 e. The lowest BCUT2D eigenvalue weighted by molar-refractivity contribution is 0.422. The maximum absolute atomic E-state index is 2.69. The third-order valence-electron chi connectivity index (χ3n) is 4.70. The topological polar surface area (TPSA) is 3.24 Å². The van der Waals surface area contributed by atoms with E-state index in [-0.39, 0.29) is 0 Å². The highest BCUT2D eigenvalue weighted by atomic mass is 15.2. The summed E-state index contributed by atoms with van der Waals surface area (Å²) in [6, 6.07) is 10.5. The second-order valence-corrected chi connectivity index (χ2v) is 5.74. The molecule has 0 aromatic heterocycles. The van der Waals surface area contributed by atoms with Crippen LogP contribution in [0.5, 0.6) is 0 Å². The highest BCUT2D eigenvalue weighted by Gasteiger charge is 2.42. The first-order valence-electron chi connectivity index (χ1n) is 6.54. The molecule has 0 saturated carbocycles. The maximum atomic E-state index is 2.69. The molecule has 2 aliphatic rings. The number of anilines is 1. The van der Waals surface area contributed by atoms with Crippen LogP contribution in [0.25, 0.3) is 0 Å². The molecule has 0 unspecified atom stereocenters. The molecule has 0 aliphatic carbocycles. The van der Waals surface area contributed by atoms with Crippen molar-refractivity contribution in [2.75, 3.05) is 4.90 Å². The van der Waals surface area contributed by atoms with Crippen molar-refractivity contribution in [3.63, 3.8) is 0 Å². The first kappa shape index (κ1) is 10.2. The number of benzene rings is 1. The molecule has 2 heterocycles. The molecule has 0 amide bonds. The minimum atomic E-state index is 0.703. The molecule has 1 aromatic carbocycles. The number of para-hydroxylation sites is 1. The summed E-state index contributed by atoms with van der Waals surface area (Å²) in [4.78, 5) is 2.69. The Hall–Kier alpha value is -0.980. The van der Waals surface area contributed by atoms with Gasteiger partial charge in [0.15, 0.2) is 0 Å². The van der Waals surface area contributed by atoms with E-state index in [0.717, 1.165) is 17.9 Å². The average molecular weight is 215 g/mol. The third kappa shape index (κ3) is 1.30. The summed E-state index contributed by atoms with van der Waals surface area (Å²) in [5.74, 6) is 1.64. The van der Waals surface area contributed by atoms with E-state index in [0.29, 0.717) is 6.04 Å². The van der Waals surface area contributed by atoms with Crippen LogP contribution in [0.3, 0.4) is 0 Å². The Kier molecular flexibility index (Phi) is 2.24. The number of fused-ring (bicyclic) bond motifs is 3. The lowest BCUT2D eigenvalue weighted by Crippen LogP contribution is -2.43. The molecule has 0 spiro atoms. The molecule has 0 bridgehead atoms. The van der Waals surface area contributed by atoms with Crippen LogP contribution in [-0.4, -0.2) is 12.1 Å². The van der Waals surface area contributed by atoms with Crippen LogP contribution in [0.2, 0.25) is 0 Å². The van der Waals surface area contributed by atoms with Crippen LogP contribution >= 0.6 is 0 Å². The SMILES string of the molecule is C[C@@H]1C[C@@H]2[C@H](C)Cc3ccccc3N2[C@@H]1C. The van der Waals surface area contributed by atoms with Crippen molar-refractivity contribution in [1.29, 1.82) is 0 Å². The molecule has 2 aliphatic heterocycles. The summed E-state index contributed by atoms with van der Waals surface area (Å²) in [5, 5.41) is 0. The van der Waals surface area contributed by atoms with E-state index < -0.39 is 0 Å². The number of rotatable bonds is 0. The quantitative estimate of drug-likeness (QED) is 0.640. The highest BCUT2D eigenvalue weighted by molar-refractivity contribution is 5.58. The van der Waals surface area contributed by atoms with E-state index in [9.17, 15) is 0 Å². The van der Waals surface area contributed by atoms with Crippen molar-refractivity contribution in [3.8, 4) is 0 Å². The molecule has 0 radical (unpaired) electrons. The van der Waals surface area contributed by atoms with E-state index in [1.807, 2.05) is 0 Å². The lowest BCUT2D eigenvalue weighted by atomic mass is 9.86. The Balaban J connectivity index is 2.08. The average Bonchev–Trinajstić information content (AvgIpc) is 2.57.